The Morgan fingerprint density at radius 1 is 0.515 bits per heavy atom. The zero-order valence-electron chi connectivity index (χ0n) is 55.8. The van der Waals surface area contributed by atoms with E-state index in [0.717, 1.165) is 140 Å². The summed E-state index contributed by atoms with van der Waals surface area (Å²) >= 11 is 0. The fourth-order valence-corrected chi connectivity index (χ4v) is 14.5. The molecule has 0 saturated carbocycles. The number of aromatic nitrogens is 9. The summed E-state index contributed by atoms with van der Waals surface area (Å²) in [6.07, 6.45) is -0.505. The standard InChI is InChI=1S/C28H23F4N3O2.C27H22FN3O4.C25H20FN3O2/c29-20-5-7-21(8-6-20)35-24-13-19-15-33-34-23(19)14-22(24)25(26(35)17-9-11-37-12-10-17)16-1-3-18(4-2-16)27(36)28(30,31)32;1-14(2)26-25-18-5-3-15(27(32)33)10-23(18)34-7-8-35-24-11-17(28)4-6-21(24)31(26)22-9-16-13-29-30-20(16)12-19(22)25;1-14(2)24-23(15-7-9-16(10-8-15)25(30)31)18-12-20-17(13-27-28-20)11-22(18)29(24)21-6-4-3-5-19(21)26/h1-8,13-15,17,27,36H,9-12H2,(H,33,34);3-6,9-14H,7-8H2,1-2H3,(H,29,30)(H,32,33);3-14H,1-2H3,(H,27,28)(H,30,31). The molecule has 15 aromatic rings. The van der Waals surface area contributed by atoms with Gasteiger partial charge >= 0.3 is 18.1 Å². The van der Waals surface area contributed by atoms with Crippen molar-refractivity contribution in [1.29, 1.82) is 0 Å². The zero-order valence-corrected chi connectivity index (χ0v) is 55.8. The van der Waals surface area contributed by atoms with E-state index in [-0.39, 0.29) is 59.3 Å². The minimum atomic E-state index is -4.75. The van der Waals surface area contributed by atoms with E-state index in [1.807, 2.05) is 53.1 Å². The molecule has 1 saturated heterocycles. The van der Waals surface area contributed by atoms with Crippen LogP contribution in [0.2, 0.25) is 0 Å². The van der Waals surface area contributed by atoms with Crippen LogP contribution in [0, 0.1) is 17.5 Å². The SMILES string of the molecule is CC(C)c1c(-c2ccc(C(=O)O)cc2)c2cc3[nH]ncc3cc2n1-c1ccccc1F.CC(C)c1c2c3cc4[nH]ncc4cc3n1-c1ccc(F)cc1OCCOc1cc(C(=O)O)ccc1-2.OC(c1ccc(-c2c(C3CCOCC3)n(-c3ccc(F)cc3)c3cc4cn[nH]c4cc23)cc1)C(F)(F)F. The molecule has 9 aromatic carbocycles. The first kappa shape index (κ1) is 66.9. The smallest absolute Gasteiger partial charge is 0.418 e. The highest BCUT2D eigenvalue weighted by Gasteiger charge is 2.40. The van der Waals surface area contributed by atoms with Crippen LogP contribution in [0.3, 0.4) is 0 Å². The molecule has 2 aliphatic heterocycles. The number of benzene rings is 9. The van der Waals surface area contributed by atoms with Crippen LogP contribution in [-0.4, -0.2) is 104 Å². The lowest BCUT2D eigenvalue weighted by Gasteiger charge is -2.26. The Kier molecular flexibility index (Phi) is 17.4. The van der Waals surface area contributed by atoms with Gasteiger partial charge in [-0.3, -0.25) is 15.3 Å². The number of hydrogen-bond donors (Lipinski definition) is 6. The molecule has 0 radical (unpaired) electrons. The molecule has 2 aliphatic rings. The average molecular weight is 1390 g/mol. The van der Waals surface area contributed by atoms with Crippen molar-refractivity contribution in [3.05, 3.63) is 240 Å². The lowest BCUT2D eigenvalue weighted by atomic mass is 9.89. The third-order valence-corrected chi connectivity index (χ3v) is 19.1. The number of fused-ring (bicyclic) bond motifs is 14. The molecule has 0 aliphatic carbocycles. The Labute approximate surface area is 583 Å². The molecule has 6 N–H and O–H groups in total. The van der Waals surface area contributed by atoms with Gasteiger partial charge in [-0.05, 0) is 157 Å². The number of carboxylic acids is 2. The maximum absolute atomic E-state index is 14.9. The van der Waals surface area contributed by atoms with Crippen LogP contribution in [0.4, 0.5) is 26.3 Å². The van der Waals surface area contributed by atoms with Crippen LogP contribution >= 0.6 is 0 Å². The highest BCUT2D eigenvalue weighted by Crippen LogP contribution is 2.49. The van der Waals surface area contributed by atoms with E-state index in [0.29, 0.717) is 30.4 Å². The predicted molar refractivity (Wildman–Crippen MR) is 382 cm³/mol. The van der Waals surface area contributed by atoms with Crippen molar-refractivity contribution in [3.8, 4) is 61.9 Å². The summed E-state index contributed by atoms with van der Waals surface area (Å²) in [5.41, 5.74) is 15.5. The van der Waals surface area contributed by atoms with Gasteiger partial charge in [0, 0.05) is 103 Å². The lowest BCUT2D eigenvalue weighted by Crippen LogP contribution is -2.20. The fourth-order valence-electron chi connectivity index (χ4n) is 14.5. The van der Waals surface area contributed by atoms with Crippen LogP contribution in [-0.2, 0) is 4.74 Å². The topological polar surface area (TPSA) is 223 Å². The summed E-state index contributed by atoms with van der Waals surface area (Å²) in [4.78, 5) is 23.0. The predicted octanol–water partition coefficient (Wildman–Crippen LogP) is 18.8. The monoisotopic (exact) mass is 1390 g/mol. The van der Waals surface area contributed by atoms with Gasteiger partial charge in [-0.15, -0.1) is 0 Å². The normalized spacial score (nSPS) is 13.7. The van der Waals surface area contributed by atoms with Crippen molar-refractivity contribution in [2.24, 2.45) is 0 Å². The first-order valence-corrected chi connectivity index (χ1v) is 33.4. The Hall–Kier alpha value is -12.0. The highest BCUT2D eigenvalue weighted by atomic mass is 19.4. The molecule has 103 heavy (non-hydrogen) atoms. The number of carbonyl (C=O) groups is 2. The summed E-state index contributed by atoms with van der Waals surface area (Å²) in [7, 11) is 0. The maximum Gasteiger partial charge on any atom is 0.418 e. The van der Waals surface area contributed by atoms with E-state index in [2.05, 4.69) is 73.5 Å². The maximum atomic E-state index is 14.9. The Bertz CT molecular complexity index is 5760. The molecule has 1 atom stereocenters. The van der Waals surface area contributed by atoms with E-state index in [1.165, 1.54) is 42.5 Å². The molecule has 0 amide bonds. The largest absolute Gasteiger partial charge is 0.489 e. The first-order chi connectivity index (χ1) is 49.7. The molecule has 23 heteroatoms. The number of H-pyrrole nitrogens is 3. The second-order valence-electron chi connectivity index (χ2n) is 26.2. The van der Waals surface area contributed by atoms with E-state index < -0.39 is 30.0 Å². The number of aromatic carboxylic acids is 2. The molecular formula is C80H65F6N9O8. The number of halogens is 6. The van der Waals surface area contributed by atoms with Crippen LogP contribution < -0.4 is 9.47 Å². The molecule has 2 bridgehead atoms. The molecule has 1 fully saturated rings. The second-order valence-corrected chi connectivity index (χ2v) is 26.2. The molecule has 17 nitrogen and oxygen atoms in total. The minimum absolute atomic E-state index is 0.0551. The van der Waals surface area contributed by atoms with Crippen molar-refractivity contribution < 1.29 is 65.5 Å². The van der Waals surface area contributed by atoms with Gasteiger partial charge in [0.05, 0.1) is 74.2 Å². The van der Waals surface area contributed by atoms with E-state index in [1.54, 1.807) is 91.4 Å². The molecular weight excluding hydrogens is 1330 g/mol. The molecule has 6 aromatic heterocycles. The number of nitrogens with zero attached hydrogens (tertiary/aromatic N) is 6. The molecule has 1 unspecified atom stereocenters. The number of aliphatic hydroxyl groups is 1. The Balaban J connectivity index is 0.000000125. The molecule has 520 valence electrons. The van der Waals surface area contributed by atoms with Crippen LogP contribution in [0.15, 0.2) is 188 Å². The van der Waals surface area contributed by atoms with Gasteiger partial charge in [0.1, 0.15) is 42.2 Å². The number of aliphatic hydroxyl groups excluding tert-OH is 1. The van der Waals surface area contributed by atoms with E-state index in [9.17, 15) is 51.3 Å². The number of alkyl halides is 3. The van der Waals surface area contributed by atoms with Crippen LogP contribution in [0.25, 0.3) is 116 Å². The average Bonchev–Trinajstić information content (AvgIpc) is 1.59. The molecule has 17 rings (SSSR count). The molecule has 0 spiro atoms. The first-order valence-electron chi connectivity index (χ1n) is 33.4. The zero-order chi connectivity index (χ0) is 71.7. The third kappa shape index (κ3) is 12.3. The van der Waals surface area contributed by atoms with Gasteiger partial charge in [-0.2, -0.15) is 28.5 Å². The van der Waals surface area contributed by atoms with E-state index in [4.69, 9.17) is 14.2 Å². The van der Waals surface area contributed by atoms with Gasteiger partial charge in [0.25, 0.3) is 0 Å². The Morgan fingerprint density at radius 2 is 1.01 bits per heavy atom. The lowest BCUT2D eigenvalue weighted by molar-refractivity contribution is -0.206. The number of hydrogen-bond acceptors (Lipinski definition) is 9. The summed E-state index contributed by atoms with van der Waals surface area (Å²) in [6.45, 7) is 9.87. The van der Waals surface area contributed by atoms with Crippen molar-refractivity contribution in [2.75, 3.05) is 26.4 Å². The van der Waals surface area contributed by atoms with Crippen molar-refractivity contribution in [1.82, 2.24) is 44.3 Å². The van der Waals surface area contributed by atoms with Crippen LogP contribution in [0.1, 0.15) is 108 Å². The number of carboxylic acid groups (broad SMARTS) is 2. The van der Waals surface area contributed by atoms with Crippen molar-refractivity contribution in [2.45, 2.75) is 70.6 Å². The van der Waals surface area contributed by atoms with Crippen molar-refractivity contribution >= 4 is 77.4 Å². The Morgan fingerprint density at radius 3 is 1.57 bits per heavy atom. The van der Waals surface area contributed by atoms with Gasteiger partial charge in [-0.1, -0.05) is 76.2 Å². The second kappa shape index (κ2) is 26.9. The van der Waals surface area contributed by atoms with Gasteiger partial charge in [0.2, 0.25) is 0 Å². The van der Waals surface area contributed by atoms with Crippen molar-refractivity contribution in [3.63, 3.8) is 0 Å². The third-order valence-electron chi connectivity index (χ3n) is 19.1. The van der Waals surface area contributed by atoms with Gasteiger partial charge < -0.3 is 43.2 Å². The van der Waals surface area contributed by atoms with Gasteiger partial charge in [0.15, 0.2) is 6.10 Å². The van der Waals surface area contributed by atoms with Gasteiger partial charge in [-0.25, -0.2) is 22.8 Å². The number of para-hydroxylation sites is 1. The number of ether oxygens (including phenoxy) is 3. The fraction of sp³-hybridized carbons (Fsp3) is 0.188. The van der Waals surface area contributed by atoms with E-state index >= 15 is 0 Å². The molecule has 8 heterocycles. The quantitative estimate of drug-likeness (QED) is 0.0707. The summed E-state index contributed by atoms with van der Waals surface area (Å²) in [5.74, 6) is -1.94. The number of aromatic amines is 3. The number of rotatable bonds is 10. The highest BCUT2D eigenvalue weighted by molar-refractivity contribution is 6.09. The summed E-state index contributed by atoms with van der Waals surface area (Å²) in [5, 5.41) is 55.7. The summed E-state index contributed by atoms with van der Waals surface area (Å²) < 4.78 is 106. The number of nitrogens with one attached hydrogen (secondary N) is 3. The minimum Gasteiger partial charge on any atom is -0.489 e. The van der Waals surface area contributed by atoms with Crippen LogP contribution in [0.5, 0.6) is 11.5 Å². The summed E-state index contributed by atoms with van der Waals surface area (Å²) in [6, 6.07) is 47.3.